The lowest BCUT2D eigenvalue weighted by Crippen LogP contribution is -2.00. The lowest BCUT2D eigenvalue weighted by molar-refractivity contribution is -0.105. The first-order chi connectivity index (χ1) is 4.83. The number of carbonyl (C=O) groups excluding carboxylic acids is 1. The quantitative estimate of drug-likeness (QED) is 0.451. The zero-order chi connectivity index (χ0) is 7.40. The first-order valence-corrected chi connectivity index (χ1v) is 2.93. The van der Waals surface area contributed by atoms with Crippen LogP contribution in [0.2, 0.25) is 0 Å². The van der Waals surface area contributed by atoms with Gasteiger partial charge < -0.3 is 0 Å². The van der Waals surface area contributed by atoms with Gasteiger partial charge >= 0.3 is 0 Å². The zero-order valence-electron chi connectivity index (χ0n) is 5.53. The molecule has 3 nitrogen and oxygen atoms in total. The molecule has 0 radical (unpaired) electrons. The van der Waals surface area contributed by atoms with Gasteiger partial charge in [0, 0.05) is 18.0 Å². The summed E-state index contributed by atoms with van der Waals surface area (Å²) in [7, 11) is 0. The summed E-state index contributed by atoms with van der Waals surface area (Å²) in [6.07, 6.45) is 4.19. The van der Waals surface area contributed by atoms with Crippen molar-refractivity contribution in [2.75, 3.05) is 0 Å². The summed E-state index contributed by atoms with van der Waals surface area (Å²) in [5, 5.41) is 3.90. The van der Waals surface area contributed by atoms with E-state index in [-0.39, 0.29) is 0 Å². The normalized spacial score (nSPS) is 9.20. The van der Waals surface area contributed by atoms with Gasteiger partial charge in [-0.15, -0.1) is 0 Å². The van der Waals surface area contributed by atoms with Crippen LogP contribution in [0.1, 0.15) is 0 Å². The molecule has 1 heterocycles. The van der Waals surface area contributed by atoms with Crippen molar-refractivity contribution in [3.63, 3.8) is 0 Å². The van der Waals surface area contributed by atoms with Crippen molar-refractivity contribution in [1.29, 1.82) is 0 Å². The van der Waals surface area contributed by atoms with Crippen LogP contribution in [-0.2, 0) is 11.3 Å². The van der Waals surface area contributed by atoms with Crippen LogP contribution >= 0.6 is 0 Å². The number of hydrogen-bond acceptors (Lipinski definition) is 2. The molecule has 0 spiro atoms. The van der Waals surface area contributed by atoms with Crippen molar-refractivity contribution in [3.8, 4) is 0 Å². The molecule has 0 fully saturated rings. The van der Waals surface area contributed by atoms with Gasteiger partial charge in [0.15, 0.2) is 0 Å². The van der Waals surface area contributed by atoms with E-state index in [1.165, 1.54) is 0 Å². The molecule has 0 bridgehead atoms. The van der Waals surface area contributed by atoms with Gasteiger partial charge in [-0.2, -0.15) is 5.10 Å². The second kappa shape index (κ2) is 2.96. The van der Waals surface area contributed by atoms with E-state index in [0.29, 0.717) is 12.1 Å². The number of hydrogen-bond donors (Lipinski definition) is 0. The number of rotatable bonds is 3. The molecule has 0 aromatic carbocycles. The first-order valence-electron chi connectivity index (χ1n) is 2.93. The highest BCUT2D eigenvalue weighted by Crippen LogP contribution is 1.90. The molecular formula is C7H8N2O. The molecule has 0 atom stereocenters. The van der Waals surface area contributed by atoms with E-state index in [0.717, 1.165) is 6.29 Å². The molecule has 3 heteroatoms. The molecule has 1 aromatic heterocycles. The molecule has 0 N–H and O–H groups in total. The van der Waals surface area contributed by atoms with Gasteiger partial charge in [0.1, 0.15) is 6.29 Å². The second-order valence-electron chi connectivity index (χ2n) is 1.98. The van der Waals surface area contributed by atoms with Crippen molar-refractivity contribution in [3.05, 3.63) is 30.6 Å². The fourth-order valence-corrected chi connectivity index (χ4v) is 0.639. The highest BCUT2D eigenvalue weighted by molar-refractivity contribution is 5.71. The average Bonchev–Trinajstić information content (AvgIpc) is 2.40. The number of nitrogens with zero attached hydrogens (tertiary/aromatic N) is 2. The van der Waals surface area contributed by atoms with Crippen LogP contribution in [0.4, 0.5) is 0 Å². The van der Waals surface area contributed by atoms with E-state index in [1.807, 2.05) is 0 Å². The third-order valence-electron chi connectivity index (χ3n) is 1.09. The molecule has 1 rings (SSSR count). The molecule has 0 aliphatic heterocycles. The summed E-state index contributed by atoms with van der Waals surface area (Å²) in [5.74, 6) is 0. The largest absolute Gasteiger partial charge is 0.298 e. The van der Waals surface area contributed by atoms with Crippen LogP contribution in [0.15, 0.2) is 30.6 Å². The smallest absolute Gasteiger partial charge is 0.147 e. The molecule has 0 aliphatic carbocycles. The standard InChI is InChI=1S/C7H8N2O/c1-7(6-10)5-9-4-2-3-8-9/h2-4,6H,1,5H2. The van der Waals surface area contributed by atoms with E-state index in [9.17, 15) is 4.79 Å². The fraction of sp³-hybridized carbons (Fsp3) is 0.143. The summed E-state index contributed by atoms with van der Waals surface area (Å²) >= 11 is 0. The lowest BCUT2D eigenvalue weighted by atomic mass is 10.3. The Morgan fingerprint density at radius 3 is 3.10 bits per heavy atom. The first kappa shape index (κ1) is 6.74. The Hall–Kier alpha value is -1.38. The minimum Gasteiger partial charge on any atom is -0.298 e. The van der Waals surface area contributed by atoms with Crippen molar-refractivity contribution in [2.45, 2.75) is 6.54 Å². The number of aldehydes is 1. The maximum atomic E-state index is 10.1. The van der Waals surface area contributed by atoms with Crippen molar-refractivity contribution < 1.29 is 4.79 Å². The lowest BCUT2D eigenvalue weighted by Gasteiger charge is -1.96. The number of allylic oxidation sites excluding steroid dienone is 1. The van der Waals surface area contributed by atoms with Gasteiger partial charge in [-0.1, -0.05) is 6.58 Å². The van der Waals surface area contributed by atoms with Gasteiger partial charge in [0.25, 0.3) is 0 Å². The topological polar surface area (TPSA) is 34.9 Å². The van der Waals surface area contributed by atoms with E-state index >= 15 is 0 Å². The van der Waals surface area contributed by atoms with Crippen LogP contribution in [0.5, 0.6) is 0 Å². The molecule has 0 unspecified atom stereocenters. The van der Waals surface area contributed by atoms with Crippen LogP contribution in [0, 0.1) is 0 Å². The zero-order valence-corrected chi connectivity index (χ0v) is 5.53. The molecular weight excluding hydrogens is 128 g/mol. The average molecular weight is 136 g/mol. The molecule has 10 heavy (non-hydrogen) atoms. The van der Waals surface area contributed by atoms with Crippen molar-refractivity contribution in [1.82, 2.24) is 9.78 Å². The summed E-state index contributed by atoms with van der Waals surface area (Å²) in [5.41, 5.74) is 0.531. The summed E-state index contributed by atoms with van der Waals surface area (Å²) in [4.78, 5) is 10.1. The maximum Gasteiger partial charge on any atom is 0.147 e. The minimum atomic E-state index is 0.483. The summed E-state index contributed by atoms with van der Waals surface area (Å²) in [6, 6.07) is 1.80. The third kappa shape index (κ3) is 1.55. The maximum absolute atomic E-state index is 10.1. The van der Waals surface area contributed by atoms with Gasteiger partial charge in [-0.05, 0) is 6.07 Å². The van der Waals surface area contributed by atoms with Crippen LogP contribution in [0.3, 0.4) is 0 Å². The Morgan fingerprint density at radius 2 is 2.60 bits per heavy atom. The van der Waals surface area contributed by atoms with Gasteiger partial charge in [0.2, 0.25) is 0 Å². The van der Waals surface area contributed by atoms with E-state index < -0.39 is 0 Å². The van der Waals surface area contributed by atoms with Crippen LogP contribution in [-0.4, -0.2) is 16.1 Å². The van der Waals surface area contributed by atoms with Crippen molar-refractivity contribution >= 4 is 6.29 Å². The molecule has 0 saturated heterocycles. The van der Waals surface area contributed by atoms with E-state index in [4.69, 9.17) is 0 Å². The second-order valence-corrected chi connectivity index (χ2v) is 1.98. The highest BCUT2D eigenvalue weighted by atomic mass is 16.1. The Labute approximate surface area is 59.0 Å². The third-order valence-corrected chi connectivity index (χ3v) is 1.09. The van der Waals surface area contributed by atoms with E-state index in [2.05, 4.69) is 11.7 Å². The molecule has 1 aromatic rings. The SMILES string of the molecule is C=C(C=O)Cn1cccn1. The molecule has 0 aliphatic rings. The predicted molar refractivity (Wildman–Crippen MR) is 37.4 cm³/mol. The Balaban J connectivity index is 2.56. The predicted octanol–water partition coefficient (Wildman–Crippen LogP) is 0.638. The number of carbonyl (C=O) groups is 1. The van der Waals surface area contributed by atoms with Gasteiger partial charge in [-0.3, -0.25) is 9.48 Å². The number of aromatic nitrogens is 2. The minimum absolute atomic E-state index is 0.483. The fourth-order valence-electron chi connectivity index (χ4n) is 0.639. The molecule has 52 valence electrons. The Kier molecular flexibility index (Phi) is 1.99. The summed E-state index contributed by atoms with van der Waals surface area (Å²) in [6.45, 7) is 4.00. The monoisotopic (exact) mass is 136 g/mol. The molecule has 0 amide bonds. The highest BCUT2D eigenvalue weighted by Gasteiger charge is 1.91. The summed E-state index contributed by atoms with van der Waals surface area (Å²) < 4.78 is 1.65. The van der Waals surface area contributed by atoms with Gasteiger partial charge in [0.05, 0.1) is 6.54 Å². The van der Waals surface area contributed by atoms with Gasteiger partial charge in [-0.25, -0.2) is 0 Å². The van der Waals surface area contributed by atoms with E-state index in [1.54, 1.807) is 23.1 Å². The van der Waals surface area contributed by atoms with Crippen LogP contribution in [0.25, 0.3) is 0 Å². The van der Waals surface area contributed by atoms with Crippen LogP contribution < -0.4 is 0 Å². The van der Waals surface area contributed by atoms with Crippen molar-refractivity contribution in [2.24, 2.45) is 0 Å². The Bertz CT molecular complexity index is 226. The molecule has 0 saturated carbocycles. The Morgan fingerprint density at radius 1 is 1.80 bits per heavy atom.